The van der Waals surface area contributed by atoms with E-state index in [1.54, 1.807) is 26.0 Å². The van der Waals surface area contributed by atoms with E-state index in [1.807, 2.05) is 0 Å². The van der Waals surface area contributed by atoms with Gasteiger partial charge in [-0.15, -0.1) is 0 Å². The molecule has 0 saturated carbocycles. The van der Waals surface area contributed by atoms with E-state index in [2.05, 4.69) is 4.98 Å². The molecule has 6 nitrogen and oxygen atoms in total. The number of ether oxygens (including phenoxy) is 1. The molecule has 132 valence electrons. The molecule has 1 atom stereocenters. The number of ketones is 1. The maximum Gasteiger partial charge on any atom is 0.340 e. The highest BCUT2D eigenvalue weighted by atomic mass is 35.5. The molecule has 0 aliphatic heterocycles. The normalized spacial score (nSPS) is 11.8. The summed E-state index contributed by atoms with van der Waals surface area (Å²) >= 11 is 5.79. The third-order valence-electron chi connectivity index (χ3n) is 3.80. The van der Waals surface area contributed by atoms with Gasteiger partial charge in [0.2, 0.25) is 0 Å². The number of aliphatic carboxylic acids is 1. The summed E-state index contributed by atoms with van der Waals surface area (Å²) in [6.45, 7) is 3.44. The lowest BCUT2D eigenvalue weighted by molar-refractivity contribution is -0.307. The highest BCUT2D eigenvalue weighted by molar-refractivity contribution is 6.30. The minimum absolute atomic E-state index is 0.125. The Hall–Kier alpha value is -2.60. The maximum atomic E-state index is 12.4. The van der Waals surface area contributed by atoms with Crippen molar-refractivity contribution in [1.82, 2.24) is 4.98 Å². The van der Waals surface area contributed by atoms with Gasteiger partial charge in [-0.25, -0.2) is 4.79 Å². The van der Waals surface area contributed by atoms with Gasteiger partial charge in [0, 0.05) is 40.8 Å². The first-order valence-electron chi connectivity index (χ1n) is 7.69. The molecule has 1 heterocycles. The van der Waals surface area contributed by atoms with Crippen LogP contribution >= 0.6 is 11.6 Å². The summed E-state index contributed by atoms with van der Waals surface area (Å²) in [6, 6.07) is 6.14. The summed E-state index contributed by atoms with van der Waals surface area (Å²) in [6.07, 6.45) is 1.06. The standard InChI is InChI=1S/C18H18ClNO5/c1-3-25-18(24)16-10(2)20-9-14(16)13(17(22)23)8-15(21)11-4-6-12(19)7-5-11/h4-7,9,13,20H,3,8H2,1-2H3,(H,22,23)/p-1/t13-/m1/s1. The van der Waals surface area contributed by atoms with Crippen molar-refractivity contribution in [3.05, 3.63) is 57.9 Å². The molecule has 0 aliphatic carbocycles. The van der Waals surface area contributed by atoms with Gasteiger partial charge in [-0.3, -0.25) is 4.79 Å². The number of Topliss-reactive ketones (excluding diaryl/α,β-unsaturated/α-hetero) is 1. The molecular formula is C18H17ClNO5-. The lowest BCUT2D eigenvalue weighted by atomic mass is 9.90. The number of aryl methyl sites for hydroxylation is 1. The van der Waals surface area contributed by atoms with Gasteiger partial charge in [-0.2, -0.15) is 0 Å². The number of hydrogen-bond donors (Lipinski definition) is 1. The fraction of sp³-hybridized carbons (Fsp3) is 0.278. The number of aromatic amines is 1. The van der Waals surface area contributed by atoms with E-state index >= 15 is 0 Å². The van der Waals surface area contributed by atoms with E-state index in [1.165, 1.54) is 18.3 Å². The topological polar surface area (TPSA) is 99.3 Å². The Morgan fingerprint density at radius 1 is 1.24 bits per heavy atom. The van der Waals surface area contributed by atoms with Crippen molar-refractivity contribution in [2.75, 3.05) is 6.61 Å². The first-order valence-corrected chi connectivity index (χ1v) is 8.07. The van der Waals surface area contributed by atoms with Crippen molar-refractivity contribution >= 4 is 29.3 Å². The third-order valence-corrected chi connectivity index (χ3v) is 4.06. The number of nitrogens with one attached hydrogen (secondary N) is 1. The van der Waals surface area contributed by atoms with Crippen LogP contribution in [0.15, 0.2) is 30.5 Å². The number of halogens is 1. The summed E-state index contributed by atoms with van der Waals surface area (Å²) < 4.78 is 4.97. The van der Waals surface area contributed by atoms with Crippen LogP contribution in [0.4, 0.5) is 0 Å². The lowest BCUT2D eigenvalue weighted by Gasteiger charge is -2.18. The number of rotatable bonds is 7. The molecule has 0 spiro atoms. The predicted molar refractivity (Wildman–Crippen MR) is 89.6 cm³/mol. The second kappa shape index (κ2) is 7.98. The Morgan fingerprint density at radius 2 is 1.88 bits per heavy atom. The highest BCUT2D eigenvalue weighted by Gasteiger charge is 2.27. The fourth-order valence-electron chi connectivity index (χ4n) is 2.56. The van der Waals surface area contributed by atoms with Crippen molar-refractivity contribution in [2.45, 2.75) is 26.2 Å². The second-order valence-electron chi connectivity index (χ2n) is 5.47. The van der Waals surface area contributed by atoms with Crippen LogP contribution in [0.5, 0.6) is 0 Å². The lowest BCUT2D eigenvalue weighted by Crippen LogP contribution is -2.32. The van der Waals surface area contributed by atoms with E-state index in [-0.39, 0.29) is 29.9 Å². The van der Waals surface area contributed by atoms with Crippen molar-refractivity contribution in [2.24, 2.45) is 0 Å². The van der Waals surface area contributed by atoms with Crippen LogP contribution in [0.1, 0.15) is 51.2 Å². The molecule has 0 unspecified atom stereocenters. The van der Waals surface area contributed by atoms with E-state index < -0.39 is 17.9 Å². The second-order valence-corrected chi connectivity index (χ2v) is 5.91. The van der Waals surface area contributed by atoms with Gasteiger partial charge in [0.25, 0.3) is 0 Å². The number of hydrogen-bond acceptors (Lipinski definition) is 5. The summed E-state index contributed by atoms with van der Waals surface area (Å²) in [5.74, 6) is -3.74. The predicted octanol–water partition coefficient (Wildman–Crippen LogP) is 2.26. The number of carbonyl (C=O) groups is 3. The van der Waals surface area contributed by atoms with Crippen LogP contribution in [-0.4, -0.2) is 29.3 Å². The molecule has 1 aromatic heterocycles. The number of carbonyl (C=O) groups excluding carboxylic acids is 3. The molecule has 0 amide bonds. The molecule has 0 saturated heterocycles. The largest absolute Gasteiger partial charge is 0.549 e. The zero-order valence-corrected chi connectivity index (χ0v) is 14.6. The van der Waals surface area contributed by atoms with Gasteiger partial charge in [0.05, 0.1) is 12.2 Å². The third kappa shape index (κ3) is 4.28. The Labute approximate surface area is 149 Å². The molecule has 2 aromatic rings. The molecule has 0 fully saturated rings. The van der Waals surface area contributed by atoms with Crippen molar-refractivity contribution < 1.29 is 24.2 Å². The molecule has 1 aromatic carbocycles. The average Bonchev–Trinajstić information content (AvgIpc) is 2.94. The molecule has 0 bridgehead atoms. The monoisotopic (exact) mass is 362 g/mol. The average molecular weight is 363 g/mol. The fourth-order valence-corrected chi connectivity index (χ4v) is 2.68. The molecule has 0 aliphatic rings. The number of H-pyrrole nitrogens is 1. The Morgan fingerprint density at radius 3 is 2.44 bits per heavy atom. The van der Waals surface area contributed by atoms with E-state index in [0.29, 0.717) is 16.3 Å². The smallest absolute Gasteiger partial charge is 0.340 e. The van der Waals surface area contributed by atoms with Crippen molar-refractivity contribution in [3.8, 4) is 0 Å². The molecule has 0 radical (unpaired) electrons. The summed E-state index contributed by atoms with van der Waals surface area (Å²) in [7, 11) is 0. The summed E-state index contributed by atoms with van der Waals surface area (Å²) in [4.78, 5) is 38.9. The van der Waals surface area contributed by atoms with E-state index in [9.17, 15) is 19.5 Å². The summed E-state index contributed by atoms with van der Waals surface area (Å²) in [5.41, 5.74) is 1.11. The number of benzene rings is 1. The molecule has 1 N–H and O–H groups in total. The molecule has 7 heteroatoms. The molecule has 25 heavy (non-hydrogen) atoms. The highest BCUT2D eigenvalue weighted by Crippen LogP contribution is 2.28. The van der Waals surface area contributed by atoms with Gasteiger partial charge in [0.1, 0.15) is 0 Å². The van der Waals surface area contributed by atoms with Crippen LogP contribution < -0.4 is 5.11 Å². The van der Waals surface area contributed by atoms with Gasteiger partial charge < -0.3 is 19.6 Å². The number of aromatic nitrogens is 1. The van der Waals surface area contributed by atoms with Gasteiger partial charge in [-0.05, 0) is 43.7 Å². The van der Waals surface area contributed by atoms with Crippen LogP contribution in [-0.2, 0) is 9.53 Å². The first-order chi connectivity index (χ1) is 11.8. The van der Waals surface area contributed by atoms with E-state index in [0.717, 1.165) is 0 Å². The van der Waals surface area contributed by atoms with Crippen molar-refractivity contribution in [1.29, 1.82) is 0 Å². The Bertz CT molecular complexity index is 794. The SMILES string of the molecule is CCOC(=O)c1c([C@@H](CC(=O)c2ccc(Cl)cc2)C(=O)[O-])c[nH]c1C. The van der Waals surface area contributed by atoms with Crippen LogP contribution in [0.3, 0.4) is 0 Å². The van der Waals surface area contributed by atoms with E-state index in [4.69, 9.17) is 16.3 Å². The summed E-state index contributed by atoms with van der Waals surface area (Å²) in [5, 5.41) is 12.1. The van der Waals surface area contributed by atoms with Crippen LogP contribution in [0, 0.1) is 6.92 Å². The first kappa shape index (κ1) is 18.7. The Balaban J connectivity index is 2.33. The zero-order valence-electron chi connectivity index (χ0n) is 13.8. The maximum absolute atomic E-state index is 12.4. The van der Waals surface area contributed by atoms with Crippen LogP contribution in [0.2, 0.25) is 5.02 Å². The molecular weight excluding hydrogens is 346 g/mol. The number of esters is 1. The van der Waals surface area contributed by atoms with Gasteiger partial charge in [0.15, 0.2) is 5.78 Å². The molecule has 2 rings (SSSR count). The number of carboxylic acids is 1. The minimum atomic E-state index is -1.44. The zero-order chi connectivity index (χ0) is 18.6. The number of carboxylic acid groups (broad SMARTS) is 1. The van der Waals surface area contributed by atoms with Crippen molar-refractivity contribution in [3.63, 3.8) is 0 Å². The quantitative estimate of drug-likeness (QED) is 0.601. The van der Waals surface area contributed by atoms with Gasteiger partial charge >= 0.3 is 5.97 Å². The van der Waals surface area contributed by atoms with Gasteiger partial charge in [-0.1, -0.05) is 11.6 Å². The minimum Gasteiger partial charge on any atom is -0.549 e. The Kier molecular flexibility index (Phi) is 5.98. The van der Waals surface area contributed by atoms with Crippen LogP contribution in [0.25, 0.3) is 0 Å².